The summed E-state index contributed by atoms with van der Waals surface area (Å²) in [6.07, 6.45) is 3.30. The van der Waals surface area contributed by atoms with Gasteiger partial charge in [0.05, 0.1) is 16.6 Å². The largest absolute Gasteiger partial charge is 0.387 e. The number of hydrogen-bond donors (Lipinski definition) is 5. The van der Waals surface area contributed by atoms with Gasteiger partial charge in [-0.15, -0.1) is 5.10 Å². The molecule has 0 saturated carbocycles. The molecule has 0 radical (unpaired) electrons. The molecule has 5 N–H and O–H groups in total. The first-order valence-corrected chi connectivity index (χ1v) is 14.7. The molecule has 13 nitrogen and oxygen atoms in total. The smallest absolute Gasteiger partial charge is 0.270 e. The highest BCUT2D eigenvalue weighted by Crippen LogP contribution is 2.22. The van der Waals surface area contributed by atoms with Crippen molar-refractivity contribution in [3.8, 4) is 0 Å². The van der Waals surface area contributed by atoms with Gasteiger partial charge in [0.25, 0.3) is 21.9 Å². The molecule has 3 heterocycles. The maximum absolute atomic E-state index is 12.7. The quantitative estimate of drug-likeness (QED) is 0.146. The third-order valence-corrected chi connectivity index (χ3v) is 8.16. The number of aliphatic hydroxyl groups excluding tert-OH is 1. The van der Waals surface area contributed by atoms with E-state index in [0.717, 1.165) is 17.5 Å². The SMILES string of the molecule is CC(C)(CCn1ccc2cc(C(=O)Nc3nn[nH]n3)cnc21)NC[C@H](O)c1cccc(NS(=O)(=O)c2ccccc2)c1. The molecule has 0 aliphatic heterocycles. The van der Waals surface area contributed by atoms with Gasteiger partial charge in [0.15, 0.2) is 0 Å². The average molecular weight is 590 g/mol. The number of pyridine rings is 1. The predicted octanol–water partition coefficient (Wildman–Crippen LogP) is 3.09. The highest BCUT2D eigenvalue weighted by Gasteiger charge is 2.21. The number of carbonyl (C=O) groups excluding carboxylic acids is 1. The van der Waals surface area contributed by atoms with Gasteiger partial charge in [-0.3, -0.25) is 14.8 Å². The van der Waals surface area contributed by atoms with Crippen LogP contribution in [0.3, 0.4) is 0 Å². The molecule has 5 aromatic rings. The molecule has 14 heteroatoms. The molecule has 0 spiro atoms. The van der Waals surface area contributed by atoms with E-state index in [1.807, 2.05) is 30.7 Å². The summed E-state index contributed by atoms with van der Waals surface area (Å²) in [5.41, 5.74) is 1.74. The number of aliphatic hydroxyl groups is 1. The first kappa shape index (κ1) is 28.9. The van der Waals surface area contributed by atoms with Gasteiger partial charge >= 0.3 is 0 Å². The van der Waals surface area contributed by atoms with Crippen LogP contribution in [0.1, 0.15) is 42.3 Å². The summed E-state index contributed by atoms with van der Waals surface area (Å²) < 4.78 is 29.9. The minimum atomic E-state index is -3.74. The summed E-state index contributed by atoms with van der Waals surface area (Å²) in [5, 5.41) is 30.8. The Balaban J connectivity index is 1.16. The Kier molecular flexibility index (Phi) is 8.29. The van der Waals surface area contributed by atoms with Crippen LogP contribution < -0.4 is 15.4 Å². The number of rotatable bonds is 12. The number of amides is 1. The van der Waals surface area contributed by atoms with E-state index >= 15 is 0 Å². The van der Waals surface area contributed by atoms with E-state index in [1.165, 1.54) is 18.3 Å². The number of nitrogens with zero attached hydrogens (tertiary/aromatic N) is 5. The van der Waals surface area contributed by atoms with Crippen LogP contribution in [0.5, 0.6) is 0 Å². The number of anilines is 2. The Morgan fingerprint density at radius 1 is 1.10 bits per heavy atom. The molecule has 2 aromatic carbocycles. The van der Waals surface area contributed by atoms with Crippen LogP contribution in [0.2, 0.25) is 0 Å². The summed E-state index contributed by atoms with van der Waals surface area (Å²) in [6.45, 7) is 5.01. The Labute approximate surface area is 242 Å². The van der Waals surface area contributed by atoms with Gasteiger partial charge in [-0.25, -0.2) is 13.4 Å². The first-order chi connectivity index (χ1) is 20.1. The zero-order valence-electron chi connectivity index (χ0n) is 23.0. The lowest BCUT2D eigenvalue weighted by Crippen LogP contribution is -2.42. The molecule has 0 aliphatic rings. The van der Waals surface area contributed by atoms with Crippen molar-refractivity contribution in [2.45, 2.75) is 43.4 Å². The van der Waals surface area contributed by atoms with Crippen LogP contribution >= 0.6 is 0 Å². The lowest BCUT2D eigenvalue weighted by atomic mass is 9.99. The maximum Gasteiger partial charge on any atom is 0.270 e. The van der Waals surface area contributed by atoms with Crippen LogP contribution in [0, 0.1) is 0 Å². The average Bonchev–Trinajstić information content (AvgIpc) is 3.65. The second kappa shape index (κ2) is 12.1. The lowest BCUT2D eigenvalue weighted by Gasteiger charge is -2.28. The highest BCUT2D eigenvalue weighted by molar-refractivity contribution is 7.92. The number of aromatic amines is 1. The fraction of sp³-hybridized carbons (Fsp3) is 0.250. The summed E-state index contributed by atoms with van der Waals surface area (Å²) in [7, 11) is -3.74. The number of carbonyl (C=O) groups is 1. The van der Waals surface area contributed by atoms with Crippen LogP contribution in [0.4, 0.5) is 11.6 Å². The molecule has 3 aromatic heterocycles. The number of tetrazole rings is 1. The lowest BCUT2D eigenvalue weighted by molar-refractivity contribution is 0.102. The molecule has 0 saturated heterocycles. The van der Waals surface area contributed by atoms with Crippen LogP contribution in [-0.2, 0) is 16.6 Å². The minimum absolute atomic E-state index is 0.0814. The molecular formula is C28H31N9O4S. The van der Waals surface area contributed by atoms with Gasteiger partial charge in [0, 0.05) is 42.1 Å². The van der Waals surface area contributed by atoms with E-state index in [9.17, 15) is 18.3 Å². The molecule has 0 bridgehead atoms. The number of sulfonamides is 1. The van der Waals surface area contributed by atoms with Gasteiger partial charge in [0.1, 0.15) is 5.65 Å². The molecule has 0 fully saturated rings. The van der Waals surface area contributed by atoms with Gasteiger partial charge in [-0.2, -0.15) is 5.21 Å². The zero-order chi connectivity index (χ0) is 29.7. The van der Waals surface area contributed by atoms with E-state index in [-0.39, 0.29) is 28.8 Å². The van der Waals surface area contributed by atoms with Crippen molar-refractivity contribution in [3.05, 3.63) is 90.3 Å². The van der Waals surface area contributed by atoms with Crippen molar-refractivity contribution >= 4 is 38.6 Å². The number of nitrogens with one attached hydrogen (secondary N) is 4. The fourth-order valence-corrected chi connectivity index (χ4v) is 5.44. The third kappa shape index (κ3) is 6.97. The second-order valence-electron chi connectivity index (χ2n) is 10.4. The summed E-state index contributed by atoms with van der Waals surface area (Å²) in [4.78, 5) is 17.1. The number of β-amino-alcohol motifs (C(OH)–C–C–N with tert-alkyl or cyclic N) is 1. The number of hydrogen-bond acceptors (Lipinski definition) is 9. The van der Waals surface area contributed by atoms with Gasteiger partial charge < -0.3 is 15.0 Å². The number of benzene rings is 2. The van der Waals surface area contributed by atoms with Crippen molar-refractivity contribution in [1.82, 2.24) is 35.5 Å². The molecule has 5 rings (SSSR count). The Morgan fingerprint density at radius 2 is 1.90 bits per heavy atom. The first-order valence-electron chi connectivity index (χ1n) is 13.2. The summed E-state index contributed by atoms with van der Waals surface area (Å²) in [6, 6.07) is 18.5. The summed E-state index contributed by atoms with van der Waals surface area (Å²) >= 11 is 0. The monoisotopic (exact) mass is 589 g/mol. The van der Waals surface area contributed by atoms with Crippen LogP contribution in [0.15, 0.2) is 84.0 Å². The topological polar surface area (TPSA) is 180 Å². The standard InChI is InChI=1S/C28H31N9O4S/c1-28(2,12-14-37-13-11-20-15-21(17-29-25(20)37)26(39)31-27-32-35-36-33-27)30-18-24(38)19-7-6-8-22(16-19)34-42(40,41)23-9-4-3-5-10-23/h3-11,13,15-17,24,30,34,38H,12,14,18H2,1-2H3,(H2,31,32,33,35,36,39)/t24-/m0/s1. The molecule has 1 atom stereocenters. The molecular weight excluding hydrogens is 558 g/mol. The van der Waals surface area contributed by atoms with Gasteiger partial charge in [0.2, 0.25) is 0 Å². The molecule has 1 amide bonds. The fourth-order valence-electron chi connectivity index (χ4n) is 4.37. The zero-order valence-corrected chi connectivity index (χ0v) is 23.8. The van der Waals surface area contributed by atoms with Crippen molar-refractivity contribution in [3.63, 3.8) is 0 Å². The van der Waals surface area contributed by atoms with E-state index < -0.39 is 16.1 Å². The normalized spacial score (nSPS) is 12.7. The van der Waals surface area contributed by atoms with Crippen molar-refractivity contribution in [2.75, 3.05) is 16.6 Å². The van der Waals surface area contributed by atoms with E-state index in [1.54, 1.807) is 48.5 Å². The van der Waals surface area contributed by atoms with Crippen molar-refractivity contribution in [1.29, 1.82) is 0 Å². The Hall–Kier alpha value is -4.66. The van der Waals surface area contributed by atoms with Crippen molar-refractivity contribution < 1.29 is 18.3 Å². The van der Waals surface area contributed by atoms with E-state index in [2.05, 4.69) is 41.0 Å². The number of fused-ring (bicyclic) bond motifs is 1. The van der Waals surface area contributed by atoms with E-state index in [4.69, 9.17) is 0 Å². The van der Waals surface area contributed by atoms with Gasteiger partial charge in [-0.05, 0) is 67.4 Å². The number of aromatic nitrogens is 6. The Morgan fingerprint density at radius 3 is 2.67 bits per heavy atom. The van der Waals surface area contributed by atoms with Crippen molar-refractivity contribution in [2.24, 2.45) is 0 Å². The number of H-pyrrole nitrogens is 1. The van der Waals surface area contributed by atoms with E-state index in [0.29, 0.717) is 23.4 Å². The third-order valence-electron chi connectivity index (χ3n) is 6.76. The number of aryl methyl sites for hydroxylation is 1. The summed E-state index contributed by atoms with van der Waals surface area (Å²) in [5.74, 6) is -0.306. The van der Waals surface area contributed by atoms with Gasteiger partial charge in [-0.1, -0.05) is 35.4 Å². The predicted molar refractivity (Wildman–Crippen MR) is 157 cm³/mol. The second-order valence-corrected chi connectivity index (χ2v) is 12.1. The molecule has 42 heavy (non-hydrogen) atoms. The Bertz CT molecular complexity index is 1770. The molecule has 0 unspecified atom stereocenters. The minimum Gasteiger partial charge on any atom is -0.387 e. The van der Waals surface area contributed by atoms with Crippen LogP contribution in [-0.4, -0.2) is 61.7 Å². The maximum atomic E-state index is 12.7. The molecule has 218 valence electrons. The molecule has 0 aliphatic carbocycles. The van der Waals surface area contributed by atoms with Crippen LogP contribution in [0.25, 0.3) is 11.0 Å². The highest BCUT2D eigenvalue weighted by atomic mass is 32.2.